The van der Waals surface area contributed by atoms with Gasteiger partial charge in [0.2, 0.25) is 0 Å². The molecular formula is C20H32N6O. The largest absolute Gasteiger partial charge is 0.382 e. The van der Waals surface area contributed by atoms with Crippen LogP contribution in [0.4, 0.5) is 17.3 Å². The number of nitrogen functional groups attached to an aromatic ring is 1. The highest BCUT2D eigenvalue weighted by Gasteiger charge is 2.12. The molecule has 3 rings (SSSR count). The molecule has 1 aliphatic carbocycles. The molecule has 2 aromatic rings. The second-order valence-corrected chi connectivity index (χ2v) is 6.31. The molecule has 0 aromatic carbocycles. The number of aryl methyl sites for hydroxylation is 2. The first-order valence-corrected chi connectivity index (χ1v) is 9.61. The van der Waals surface area contributed by atoms with E-state index in [2.05, 4.69) is 20.5 Å². The summed E-state index contributed by atoms with van der Waals surface area (Å²) in [6.07, 6.45) is 9.00. The van der Waals surface area contributed by atoms with E-state index in [4.69, 9.17) is 11.5 Å². The maximum absolute atomic E-state index is 11.3. The summed E-state index contributed by atoms with van der Waals surface area (Å²) in [5, 5.41) is 10.3. The van der Waals surface area contributed by atoms with Crippen LogP contribution in [-0.2, 0) is 0 Å². The highest BCUT2D eigenvalue weighted by Crippen LogP contribution is 2.20. The van der Waals surface area contributed by atoms with Crippen molar-refractivity contribution >= 4 is 23.2 Å². The molecule has 1 fully saturated rings. The first-order chi connectivity index (χ1) is 13.0. The second kappa shape index (κ2) is 11.8. The molecule has 0 spiro atoms. The minimum absolute atomic E-state index is 0.0233. The minimum Gasteiger partial charge on any atom is -0.382 e. The van der Waals surface area contributed by atoms with Crippen LogP contribution in [0.1, 0.15) is 74.1 Å². The Balaban J connectivity index is 0.000000381. The zero-order chi connectivity index (χ0) is 20.2. The van der Waals surface area contributed by atoms with Crippen LogP contribution in [0.25, 0.3) is 0 Å². The number of pyridine rings is 1. The Hall–Kier alpha value is -2.70. The fraction of sp³-hybridized carbons (Fsp3) is 0.500. The number of anilines is 3. The van der Waals surface area contributed by atoms with E-state index < -0.39 is 5.91 Å². The number of carbonyl (C=O) groups is 1. The van der Waals surface area contributed by atoms with Crippen LogP contribution >= 0.6 is 0 Å². The predicted octanol–water partition coefficient (Wildman–Crippen LogP) is 4.28. The van der Waals surface area contributed by atoms with E-state index in [0.29, 0.717) is 11.5 Å². The molecule has 0 radical (unpaired) electrons. The molecule has 0 saturated heterocycles. The summed E-state index contributed by atoms with van der Waals surface area (Å²) in [6, 6.07) is 5.28. The Morgan fingerprint density at radius 1 is 0.963 bits per heavy atom. The lowest BCUT2D eigenvalue weighted by molar-refractivity contribution is 0.0995. The van der Waals surface area contributed by atoms with E-state index in [1.54, 1.807) is 0 Å². The van der Waals surface area contributed by atoms with Crippen molar-refractivity contribution in [2.45, 2.75) is 66.2 Å². The number of nitrogens with two attached hydrogens (primary N) is 2. The van der Waals surface area contributed by atoms with Gasteiger partial charge in [0.25, 0.3) is 5.91 Å². The summed E-state index contributed by atoms with van der Waals surface area (Å²) in [4.78, 5) is 15.6. The molecule has 2 aromatic heterocycles. The quantitative estimate of drug-likeness (QED) is 0.739. The molecule has 148 valence electrons. The fourth-order valence-corrected chi connectivity index (χ4v) is 2.79. The molecule has 1 amide bonds. The van der Waals surface area contributed by atoms with Gasteiger partial charge in [-0.3, -0.25) is 4.79 Å². The Morgan fingerprint density at radius 2 is 1.52 bits per heavy atom. The monoisotopic (exact) mass is 372 g/mol. The number of hydrogen-bond donors (Lipinski definition) is 3. The van der Waals surface area contributed by atoms with Gasteiger partial charge < -0.3 is 16.8 Å². The number of primary amides is 1. The van der Waals surface area contributed by atoms with Crippen LogP contribution in [0.2, 0.25) is 0 Å². The number of rotatable bonds is 3. The summed E-state index contributed by atoms with van der Waals surface area (Å²) in [6.45, 7) is 7.83. The summed E-state index contributed by atoms with van der Waals surface area (Å²) in [7, 11) is 0. The van der Waals surface area contributed by atoms with Crippen molar-refractivity contribution in [2.24, 2.45) is 5.73 Å². The number of carbonyl (C=O) groups excluding carboxylic acids is 1. The van der Waals surface area contributed by atoms with Gasteiger partial charge in [0, 0.05) is 11.8 Å². The average molecular weight is 373 g/mol. The average Bonchev–Trinajstić information content (AvgIpc) is 2.64. The van der Waals surface area contributed by atoms with E-state index in [-0.39, 0.29) is 11.5 Å². The molecule has 2 heterocycles. The van der Waals surface area contributed by atoms with Crippen molar-refractivity contribution in [3.63, 3.8) is 0 Å². The molecule has 7 nitrogen and oxygen atoms in total. The van der Waals surface area contributed by atoms with Crippen LogP contribution in [0.3, 0.4) is 0 Å². The van der Waals surface area contributed by atoms with Crippen LogP contribution in [0.5, 0.6) is 0 Å². The lowest BCUT2D eigenvalue weighted by Crippen LogP contribution is -2.17. The Morgan fingerprint density at radius 3 is 2.00 bits per heavy atom. The molecule has 0 bridgehead atoms. The highest BCUT2D eigenvalue weighted by molar-refractivity contribution is 5.97. The number of hydrogen-bond acceptors (Lipinski definition) is 6. The van der Waals surface area contributed by atoms with Crippen molar-refractivity contribution in [3.05, 3.63) is 35.2 Å². The summed E-state index contributed by atoms with van der Waals surface area (Å²) in [5.41, 5.74) is 13.1. The second-order valence-electron chi connectivity index (χ2n) is 6.31. The summed E-state index contributed by atoms with van der Waals surface area (Å²) < 4.78 is 0. The van der Waals surface area contributed by atoms with Gasteiger partial charge in [0.05, 0.1) is 5.69 Å². The lowest BCUT2D eigenvalue weighted by atomic mass is 10.0. The van der Waals surface area contributed by atoms with Crippen molar-refractivity contribution < 1.29 is 4.79 Å². The third-order valence-electron chi connectivity index (χ3n) is 3.91. The van der Waals surface area contributed by atoms with Gasteiger partial charge in [-0.05, 0) is 31.5 Å². The topological polar surface area (TPSA) is 120 Å². The lowest BCUT2D eigenvalue weighted by Gasteiger charge is -2.10. The first kappa shape index (κ1) is 22.3. The molecule has 1 aliphatic rings. The molecule has 5 N–H and O–H groups in total. The SMILES string of the molecule is C1CCCCC1.CC.Cc1cc(C)nc(Nc2cc(N)nnc2C(N)=O)c1. The summed E-state index contributed by atoms with van der Waals surface area (Å²) >= 11 is 0. The minimum atomic E-state index is -0.681. The zero-order valence-electron chi connectivity index (χ0n) is 16.9. The molecule has 27 heavy (non-hydrogen) atoms. The maximum Gasteiger partial charge on any atom is 0.271 e. The standard InChI is InChI=1S/C12H14N6O.C6H12.C2H6/c1-6-3-7(2)15-10(4-6)16-8-5-9(13)17-18-11(8)12(14)19;1-2-4-6-5-3-1;1-2/h3-5H,1-2H3,(H2,14,19)(H3,13,15,16,17);1-6H2;1-2H3. The molecule has 0 aliphatic heterocycles. The van der Waals surface area contributed by atoms with Gasteiger partial charge >= 0.3 is 0 Å². The van der Waals surface area contributed by atoms with Crippen molar-refractivity contribution in [2.75, 3.05) is 11.1 Å². The Labute approximate surface area is 162 Å². The Bertz CT molecular complexity index is 697. The first-order valence-electron chi connectivity index (χ1n) is 9.61. The molecule has 7 heteroatoms. The van der Waals surface area contributed by atoms with Gasteiger partial charge in [-0.2, -0.15) is 0 Å². The van der Waals surface area contributed by atoms with Crippen molar-refractivity contribution in [1.82, 2.24) is 15.2 Å². The van der Waals surface area contributed by atoms with E-state index in [1.165, 1.54) is 44.6 Å². The van der Waals surface area contributed by atoms with E-state index in [0.717, 1.165) is 11.3 Å². The maximum atomic E-state index is 11.3. The Kier molecular flexibility index (Phi) is 9.79. The fourth-order valence-electron chi connectivity index (χ4n) is 2.79. The van der Waals surface area contributed by atoms with Crippen LogP contribution in [0.15, 0.2) is 18.2 Å². The smallest absolute Gasteiger partial charge is 0.271 e. The van der Waals surface area contributed by atoms with Crippen LogP contribution in [0, 0.1) is 13.8 Å². The third kappa shape index (κ3) is 8.02. The van der Waals surface area contributed by atoms with Gasteiger partial charge in [-0.15, -0.1) is 10.2 Å². The van der Waals surface area contributed by atoms with E-state index >= 15 is 0 Å². The van der Waals surface area contributed by atoms with Crippen LogP contribution < -0.4 is 16.8 Å². The predicted molar refractivity (Wildman–Crippen MR) is 111 cm³/mol. The third-order valence-corrected chi connectivity index (χ3v) is 3.91. The van der Waals surface area contributed by atoms with Gasteiger partial charge in [0.1, 0.15) is 11.6 Å². The van der Waals surface area contributed by atoms with E-state index in [1.807, 2.05) is 39.8 Å². The number of nitrogens with zero attached hydrogens (tertiary/aromatic N) is 3. The molecule has 1 saturated carbocycles. The number of amides is 1. The molecule has 0 unspecified atom stereocenters. The van der Waals surface area contributed by atoms with Crippen molar-refractivity contribution in [1.29, 1.82) is 0 Å². The number of aromatic nitrogens is 3. The normalized spacial score (nSPS) is 12.7. The zero-order valence-corrected chi connectivity index (χ0v) is 16.9. The van der Waals surface area contributed by atoms with Gasteiger partial charge in [0.15, 0.2) is 5.69 Å². The number of nitrogens with one attached hydrogen (secondary N) is 1. The van der Waals surface area contributed by atoms with Gasteiger partial charge in [-0.1, -0.05) is 52.4 Å². The van der Waals surface area contributed by atoms with Crippen molar-refractivity contribution in [3.8, 4) is 0 Å². The summed E-state index contributed by atoms with van der Waals surface area (Å²) in [5.74, 6) is 0.101. The van der Waals surface area contributed by atoms with Crippen LogP contribution in [-0.4, -0.2) is 21.1 Å². The molecule has 0 atom stereocenters. The highest BCUT2D eigenvalue weighted by atomic mass is 16.1. The van der Waals surface area contributed by atoms with E-state index in [9.17, 15) is 4.79 Å². The van der Waals surface area contributed by atoms with Gasteiger partial charge in [-0.25, -0.2) is 4.98 Å². The molecular weight excluding hydrogens is 340 g/mol.